The Bertz CT molecular complexity index is 550. The Morgan fingerprint density at radius 1 is 1.19 bits per heavy atom. The maximum atomic E-state index is 12.5. The maximum Gasteiger partial charge on any atom is 0.203 e. The van der Waals surface area contributed by atoms with Gasteiger partial charge in [-0.2, -0.15) is 0 Å². The lowest BCUT2D eigenvalue weighted by molar-refractivity contribution is -0.122. The van der Waals surface area contributed by atoms with Crippen LogP contribution in [0.5, 0.6) is 17.2 Å². The van der Waals surface area contributed by atoms with Gasteiger partial charge in [-0.05, 0) is 25.3 Å². The number of rotatable bonds is 6. The number of allylic oxidation sites excluding steroid dienone is 1. The van der Waals surface area contributed by atoms with Gasteiger partial charge in [0.05, 0.1) is 26.7 Å². The Balaban J connectivity index is 2.66. The van der Waals surface area contributed by atoms with Gasteiger partial charge in [0, 0.05) is 12.0 Å². The molecule has 0 spiro atoms. The zero-order chi connectivity index (χ0) is 15.5. The van der Waals surface area contributed by atoms with Crippen LogP contribution >= 0.6 is 0 Å². The molecule has 1 aliphatic carbocycles. The normalized spacial score (nSPS) is 21.2. The number of Topliss-reactive ketones (excluding diaryl/α,β-unsaturated/α-hetero) is 1. The van der Waals surface area contributed by atoms with Crippen LogP contribution in [0.15, 0.2) is 24.8 Å². The summed E-state index contributed by atoms with van der Waals surface area (Å²) in [5, 5.41) is 0. The zero-order valence-corrected chi connectivity index (χ0v) is 12.9. The second-order valence-corrected chi connectivity index (χ2v) is 5.23. The lowest BCUT2D eigenvalue weighted by Gasteiger charge is -2.29. The van der Waals surface area contributed by atoms with Crippen LogP contribution in [0.4, 0.5) is 0 Å². The number of ketones is 1. The van der Waals surface area contributed by atoms with Crippen LogP contribution in [0.2, 0.25) is 0 Å². The predicted molar refractivity (Wildman–Crippen MR) is 81.4 cm³/mol. The molecule has 0 amide bonds. The molecule has 0 radical (unpaired) electrons. The van der Waals surface area contributed by atoms with Gasteiger partial charge in [-0.3, -0.25) is 4.79 Å². The lowest BCUT2D eigenvalue weighted by Crippen LogP contribution is -2.31. The van der Waals surface area contributed by atoms with Crippen LogP contribution in [-0.4, -0.2) is 27.1 Å². The molecular weight excluding hydrogens is 268 g/mol. The van der Waals surface area contributed by atoms with Gasteiger partial charge in [0.1, 0.15) is 5.78 Å². The van der Waals surface area contributed by atoms with E-state index >= 15 is 0 Å². The van der Waals surface area contributed by atoms with Crippen molar-refractivity contribution in [3.8, 4) is 17.2 Å². The first-order valence-corrected chi connectivity index (χ1v) is 7.08. The number of carbonyl (C=O) groups is 1. The van der Waals surface area contributed by atoms with E-state index in [9.17, 15) is 4.79 Å². The van der Waals surface area contributed by atoms with Gasteiger partial charge in [0.15, 0.2) is 11.5 Å². The molecule has 0 N–H and O–H groups in total. The maximum absolute atomic E-state index is 12.5. The highest BCUT2D eigenvalue weighted by Gasteiger charge is 2.45. The summed E-state index contributed by atoms with van der Waals surface area (Å²) in [5.41, 5.74) is 0.317. The van der Waals surface area contributed by atoms with Gasteiger partial charge in [-0.1, -0.05) is 12.1 Å². The number of methoxy groups -OCH3 is 3. The Hall–Kier alpha value is -1.97. The first kappa shape index (κ1) is 15.4. The summed E-state index contributed by atoms with van der Waals surface area (Å²) < 4.78 is 16.3. The van der Waals surface area contributed by atoms with E-state index in [0.29, 0.717) is 30.1 Å². The van der Waals surface area contributed by atoms with E-state index in [1.165, 1.54) is 0 Å². The minimum atomic E-state index is -0.549. The molecule has 1 fully saturated rings. The molecule has 4 heteroatoms. The van der Waals surface area contributed by atoms with E-state index < -0.39 is 5.41 Å². The van der Waals surface area contributed by atoms with Crippen LogP contribution in [0.25, 0.3) is 0 Å². The Morgan fingerprint density at radius 2 is 1.90 bits per heavy atom. The molecule has 1 aromatic carbocycles. The first-order chi connectivity index (χ1) is 10.1. The molecular formula is C17H22O4. The minimum absolute atomic E-state index is 0.243. The molecule has 0 heterocycles. The van der Waals surface area contributed by atoms with E-state index in [1.54, 1.807) is 27.4 Å². The third-order valence-electron chi connectivity index (χ3n) is 4.25. The number of hydrogen-bond donors (Lipinski definition) is 0. The smallest absolute Gasteiger partial charge is 0.203 e. The van der Waals surface area contributed by atoms with Gasteiger partial charge in [0.2, 0.25) is 5.75 Å². The molecule has 1 aromatic rings. The van der Waals surface area contributed by atoms with Crippen molar-refractivity contribution in [2.24, 2.45) is 0 Å². The topological polar surface area (TPSA) is 44.8 Å². The molecule has 0 bridgehead atoms. The van der Waals surface area contributed by atoms with Crippen molar-refractivity contribution >= 4 is 5.78 Å². The Kier molecular flexibility index (Phi) is 4.56. The standard InChI is InChI=1S/C17H22O4/c1-5-10-17(11-6-7-14(17)18)12-8-9-13(19-2)16(21-4)15(12)20-3/h5,8-9H,1,6-7,10-11H2,2-4H3/t17-/m1/s1. The quantitative estimate of drug-likeness (QED) is 0.754. The molecule has 21 heavy (non-hydrogen) atoms. The lowest BCUT2D eigenvalue weighted by atomic mass is 9.74. The predicted octanol–water partition coefficient (Wildman–Crippen LogP) is 3.28. The van der Waals surface area contributed by atoms with Crippen LogP contribution < -0.4 is 14.2 Å². The van der Waals surface area contributed by atoms with E-state index in [1.807, 2.05) is 12.1 Å². The summed E-state index contributed by atoms with van der Waals surface area (Å²) in [6, 6.07) is 3.74. The molecule has 1 saturated carbocycles. The molecule has 4 nitrogen and oxygen atoms in total. The molecule has 1 atom stereocenters. The van der Waals surface area contributed by atoms with Crippen LogP contribution in [-0.2, 0) is 10.2 Å². The fourth-order valence-electron chi connectivity index (χ4n) is 3.26. The first-order valence-electron chi connectivity index (χ1n) is 7.08. The fourth-order valence-corrected chi connectivity index (χ4v) is 3.26. The largest absolute Gasteiger partial charge is 0.493 e. The SMILES string of the molecule is C=CC[C@]1(c2ccc(OC)c(OC)c2OC)CCCC1=O. The van der Waals surface area contributed by atoms with Crippen LogP contribution in [0.1, 0.15) is 31.2 Å². The second kappa shape index (κ2) is 6.20. The summed E-state index contributed by atoms with van der Waals surface area (Å²) in [6.07, 6.45) is 4.72. The van der Waals surface area contributed by atoms with Crippen molar-refractivity contribution in [3.63, 3.8) is 0 Å². The number of ether oxygens (including phenoxy) is 3. The highest BCUT2D eigenvalue weighted by atomic mass is 16.5. The molecule has 2 rings (SSSR count). The minimum Gasteiger partial charge on any atom is -0.493 e. The van der Waals surface area contributed by atoms with Gasteiger partial charge in [-0.15, -0.1) is 6.58 Å². The van der Waals surface area contributed by atoms with E-state index in [0.717, 1.165) is 18.4 Å². The van der Waals surface area contributed by atoms with Gasteiger partial charge < -0.3 is 14.2 Å². The van der Waals surface area contributed by atoms with Crippen molar-refractivity contribution in [2.75, 3.05) is 21.3 Å². The Labute approximate surface area is 125 Å². The third kappa shape index (κ3) is 2.39. The van der Waals surface area contributed by atoms with Crippen molar-refractivity contribution in [1.82, 2.24) is 0 Å². The highest BCUT2D eigenvalue weighted by Crippen LogP contribution is 2.50. The van der Waals surface area contributed by atoms with Crippen LogP contribution in [0.3, 0.4) is 0 Å². The van der Waals surface area contributed by atoms with E-state index in [4.69, 9.17) is 14.2 Å². The van der Waals surface area contributed by atoms with Gasteiger partial charge in [-0.25, -0.2) is 0 Å². The molecule has 0 unspecified atom stereocenters. The molecule has 0 aromatic heterocycles. The fraction of sp³-hybridized carbons (Fsp3) is 0.471. The summed E-state index contributed by atoms with van der Waals surface area (Å²) in [4.78, 5) is 12.5. The highest BCUT2D eigenvalue weighted by molar-refractivity contribution is 5.93. The molecule has 1 aliphatic rings. The van der Waals surface area contributed by atoms with Crippen molar-refractivity contribution in [1.29, 1.82) is 0 Å². The summed E-state index contributed by atoms with van der Waals surface area (Å²) in [7, 11) is 4.74. The number of hydrogen-bond acceptors (Lipinski definition) is 4. The summed E-state index contributed by atoms with van der Waals surface area (Å²) >= 11 is 0. The van der Waals surface area contributed by atoms with Crippen molar-refractivity contribution in [2.45, 2.75) is 31.1 Å². The van der Waals surface area contributed by atoms with Gasteiger partial charge in [0.25, 0.3) is 0 Å². The van der Waals surface area contributed by atoms with E-state index in [-0.39, 0.29) is 5.78 Å². The number of carbonyl (C=O) groups excluding carboxylic acids is 1. The average molecular weight is 290 g/mol. The average Bonchev–Trinajstić information content (AvgIpc) is 2.87. The zero-order valence-electron chi connectivity index (χ0n) is 12.9. The summed E-state index contributed by atoms with van der Waals surface area (Å²) in [6.45, 7) is 3.81. The van der Waals surface area contributed by atoms with E-state index in [2.05, 4.69) is 6.58 Å². The number of benzene rings is 1. The van der Waals surface area contributed by atoms with Crippen LogP contribution in [0, 0.1) is 0 Å². The van der Waals surface area contributed by atoms with Crippen molar-refractivity contribution in [3.05, 3.63) is 30.4 Å². The third-order valence-corrected chi connectivity index (χ3v) is 4.25. The molecule has 114 valence electrons. The Morgan fingerprint density at radius 3 is 2.38 bits per heavy atom. The molecule has 0 aliphatic heterocycles. The van der Waals surface area contributed by atoms with Crippen molar-refractivity contribution < 1.29 is 19.0 Å². The molecule has 0 saturated heterocycles. The monoisotopic (exact) mass is 290 g/mol. The summed E-state index contributed by atoms with van der Waals surface area (Å²) in [5.74, 6) is 1.94. The van der Waals surface area contributed by atoms with Gasteiger partial charge >= 0.3 is 0 Å². The second-order valence-electron chi connectivity index (χ2n) is 5.23.